The molecule has 0 saturated heterocycles. The summed E-state index contributed by atoms with van der Waals surface area (Å²) in [5, 5.41) is 11.9. The average Bonchev–Trinajstić information content (AvgIpc) is 2.36. The Bertz CT molecular complexity index is 255. The van der Waals surface area contributed by atoms with Crippen molar-refractivity contribution in [2.24, 2.45) is 5.41 Å². The molecule has 0 bridgehead atoms. The predicted molar refractivity (Wildman–Crippen MR) is 67.4 cm³/mol. The zero-order chi connectivity index (χ0) is 13.1. The van der Waals surface area contributed by atoms with Crippen LogP contribution in [0, 0.1) is 16.7 Å². The number of methoxy groups -OCH3 is 1. The van der Waals surface area contributed by atoms with Crippen LogP contribution < -0.4 is 5.32 Å². The molecule has 4 nitrogen and oxygen atoms in total. The summed E-state index contributed by atoms with van der Waals surface area (Å²) in [4.78, 5) is 11.9. The number of ether oxygens (including phenoxy) is 1. The van der Waals surface area contributed by atoms with E-state index in [0.717, 1.165) is 25.9 Å². The number of rotatable bonds is 9. The van der Waals surface area contributed by atoms with Gasteiger partial charge in [-0.2, -0.15) is 5.26 Å². The first kappa shape index (κ1) is 15.9. The zero-order valence-electron chi connectivity index (χ0n) is 11.2. The van der Waals surface area contributed by atoms with Gasteiger partial charge in [0, 0.05) is 20.3 Å². The second-order valence-corrected chi connectivity index (χ2v) is 4.21. The van der Waals surface area contributed by atoms with Gasteiger partial charge in [-0.15, -0.1) is 0 Å². The monoisotopic (exact) mass is 240 g/mol. The summed E-state index contributed by atoms with van der Waals surface area (Å²) in [6.45, 7) is 5.17. The second kappa shape index (κ2) is 9.00. The highest BCUT2D eigenvalue weighted by molar-refractivity contribution is 5.85. The standard InChI is InChI=1S/C13H24N2O2/c1-4-13(5-2,11-14)12(16)15-9-7-6-8-10-17-3/h4-10H2,1-3H3,(H,15,16). The van der Waals surface area contributed by atoms with Crippen LogP contribution in [0.15, 0.2) is 0 Å². The molecule has 0 aliphatic heterocycles. The Balaban J connectivity index is 3.89. The van der Waals surface area contributed by atoms with E-state index >= 15 is 0 Å². The fourth-order valence-corrected chi connectivity index (χ4v) is 1.70. The maximum Gasteiger partial charge on any atom is 0.240 e. The predicted octanol–water partition coefficient (Wildman–Crippen LogP) is 2.25. The summed E-state index contributed by atoms with van der Waals surface area (Å²) < 4.78 is 4.95. The molecular formula is C13H24N2O2. The third-order valence-corrected chi connectivity index (χ3v) is 3.17. The van der Waals surface area contributed by atoms with E-state index in [-0.39, 0.29) is 5.91 Å². The Kier molecular flexibility index (Phi) is 8.43. The summed E-state index contributed by atoms with van der Waals surface area (Å²) in [6, 6.07) is 2.14. The van der Waals surface area contributed by atoms with Crippen LogP contribution >= 0.6 is 0 Å². The van der Waals surface area contributed by atoms with E-state index in [2.05, 4.69) is 11.4 Å². The highest BCUT2D eigenvalue weighted by Gasteiger charge is 2.34. The lowest BCUT2D eigenvalue weighted by Crippen LogP contribution is -2.39. The van der Waals surface area contributed by atoms with Crippen LogP contribution in [-0.2, 0) is 9.53 Å². The van der Waals surface area contributed by atoms with Crippen LogP contribution in [0.4, 0.5) is 0 Å². The number of unbranched alkanes of at least 4 members (excludes halogenated alkanes) is 2. The van der Waals surface area contributed by atoms with Crippen molar-refractivity contribution in [3.05, 3.63) is 0 Å². The zero-order valence-corrected chi connectivity index (χ0v) is 11.2. The molecule has 0 aliphatic rings. The van der Waals surface area contributed by atoms with E-state index in [4.69, 9.17) is 10.00 Å². The van der Waals surface area contributed by atoms with Crippen LogP contribution in [0.1, 0.15) is 46.0 Å². The lowest BCUT2D eigenvalue weighted by atomic mass is 9.83. The molecular weight excluding hydrogens is 216 g/mol. The topological polar surface area (TPSA) is 62.1 Å². The van der Waals surface area contributed by atoms with Crippen molar-refractivity contribution < 1.29 is 9.53 Å². The first-order valence-corrected chi connectivity index (χ1v) is 6.35. The number of nitrogens with zero attached hydrogens (tertiary/aromatic N) is 1. The van der Waals surface area contributed by atoms with Gasteiger partial charge in [0.15, 0.2) is 0 Å². The van der Waals surface area contributed by atoms with Gasteiger partial charge in [0.25, 0.3) is 0 Å². The molecule has 0 radical (unpaired) electrons. The summed E-state index contributed by atoms with van der Waals surface area (Å²) >= 11 is 0. The van der Waals surface area contributed by atoms with Crippen LogP contribution in [-0.4, -0.2) is 26.2 Å². The summed E-state index contributed by atoms with van der Waals surface area (Å²) in [5.41, 5.74) is -0.841. The van der Waals surface area contributed by atoms with Gasteiger partial charge in [0.05, 0.1) is 6.07 Å². The Morgan fingerprint density at radius 1 is 1.29 bits per heavy atom. The summed E-state index contributed by atoms with van der Waals surface area (Å²) in [7, 11) is 1.69. The third kappa shape index (κ3) is 5.18. The van der Waals surface area contributed by atoms with E-state index in [1.165, 1.54) is 0 Å². The normalized spacial score (nSPS) is 10.9. The van der Waals surface area contributed by atoms with Crippen molar-refractivity contribution >= 4 is 5.91 Å². The van der Waals surface area contributed by atoms with Crippen molar-refractivity contribution in [3.63, 3.8) is 0 Å². The van der Waals surface area contributed by atoms with Crippen molar-refractivity contribution in [1.82, 2.24) is 5.32 Å². The quantitative estimate of drug-likeness (QED) is 0.629. The maximum absolute atomic E-state index is 11.9. The van der Waals surface area contributed by atoms with Crippen LogP contribution in [0.3, 0.4) is 0 Å². The Morgan fingerprint density at radius 2 is 1.94 bits per heavy atom. The molecule has 1 N–H and O–H groups in total. The number of hydrogen-bond acceptors (Lipinski definition) is 3. The van der Waals surface area contributed by atoms with E-state index in [1.54, 1.807) is 7.11 Å². The summed E-state index contributed by atoms with van der Waals surface area (Å²) in [5.74, 6) is -0.128. The molecule has 0 rings (SSSR count). The van der Waals surface area contributed by atoms with Crippen molar-refractivity contribution in [1.29, 1.82) is 5.26 Å². The van der Waals surface area contributed by atoms with Gasteiger partial charge >= 0.3 is 0 Å². The lowest BCUT2D eigenvalue weighted by Gasteiger charge is -2.22. The van der Waals surface area contributed by atoms with Gasteiger partial charge in [0.1, 0.15) is 5.41 Å². The minimum Gasteiger partial charge on any atom is -0.385 e. The maximum atomic E-state index is 11.9. The molecule has 0 fully saturated rings. The molecule has 4 heteroatoms. The van der Waals surface area contributed by atoms with Crippen LogP contribution in [0.2, 0.25) is 0 Å². The molecule has 0 unspecified atom stereocenters. The lowest BCUT2D eigenvalue weighted by molar-refractivity contribution is -0.128. The van der Waals surface area contributed by atoms with Crippen LogP contribution in [0.5, 0.6) is 0 Å². The first-order valence-electron chi connectivity index (χ1n) is 6.35. The molecule has 0 aromatic heterocycles. The molecule has 0 aromatic carbocycles. The highest BCUT2D eigenvalue weighted by atomic mass is 16.5. The van der Waals surface area contributed by atoms with Gasteiger partial charge in [-0.05, 0) is 32.1 Å². The largest absolute Gasteiger partial charge is 0.385 e. The minimum atomic E-state index is -0.841. The third-order valence-electron chi connectivity index (χ3n) is 3.17. The van der Waals surface area contributed by atoms with E-state index in [1.807, 2.05) is 13.8 Å². The van der Waals surface area contributed by atoms with Gasteiger partial charge in [0.2, 0.25) is 5.91 Å². The number of hydrogen-bond donors (Lipinski definition) is 1. The molecule has 98 valence electrons. The first-order chi connectivity index (χ1) is 8.16. The Hall–Kier alpha value is -1.08. The molecule has 0 heterocycles. The SMILES string of the molecule is CCC(C#N)(CC)C(=O)NCCCCCOC. The number of amides is 1. The molecule has 0 saturated carbocycles. The Labute approximate surface area is 104 Å². The molecule has 0 aromatic rings. The van der Waals surface area contributed by atoms with Crippen molar-refractivity contribution in [2.45, 2.75) is 46.0 Å². The van der Waals surface area contributed by atoms with Crippen LogP contribution in [0.25, 0.3) is 0 Å². The minimum absolute atomic E-state index is 0.128. The van der Waals surface area contributed by atoms with Crippen molar-refractivity contribution in [3.8, 4) is 6.07 Å². The number of carbonyl (C=O) groups excluding carboxylic acids is 1. The fraction of sp³-hybridized carbons (Fsp3) is 0.846. The average molecular weight is 240 g/mol. The Morgan fingerprint density at radius 3 is 2.41 bits per heavy atom. The molecule has 0 aliphatic carbocycles. The number of nitriles is 1. The van der Waals surface area contributed by atoms with Gasteiger partial charge in [-0.1, -0.05) is 13.8 Å². The van der Waals surface area contributed by atoms with Crippen molar-refractivity contribution in [2.75, 3.05) is 20.3 Å². The molecule has 17 heavy (non-hydrogen) atoms. The smallest absolute Gasteiger partial charge is 0.240 e. The van der Waals surface area contributed by atoms with Gasteiger partial charge in [-0.25, -0.2) is 0 Å². The highest BCUT2D eigenvalue weighted by Crippen LogP contribution is 2.25. The van der Waals surface area contributed by atoms with E-state index in [9.17, 15) is 4.79 Å². The van der Waals surface area contributed by atoms with E-state index < -0.39 is 5.41 Å². The summed E-state index contributed by atoms with van der Waals surface area (Å²) in [6.07, 6.45) is 4.11. The molecule has 1 amide bonds. The molecule has 0 atom stereocenters. The number of carbonyl (C=O) groups is 1. The van der Waals surface area contributed by atoms with E-state index in [0.29, 0.717) is 19.4 Å². The van der Waals surface area contributed by atoms with Gasteiger partial charge in [-0.3, -0.25) is 4.79 Å². The fourth-order valence-electron chi connectivity index (χ4n) is 1.70. The second-order valence-electron chi connectivity index (χ2n) is 4.21. The van der Waals surface area contributed by atoms with Gasteiger partial charge < -0.3 is 10.1 Å². The molecule has 0 spiro atoms. The number of nitrogens with one attached hydrogen (secondary N) is 1.